The molecule has 0 atom stereocenters. The first-order valence-corrected chi connectivity index (χ1v) is 11.3. The van der Waals surface area contributed by atoms with Crippen molar-refractivity contribution in [3.05, 3.63) is 10.4 Å². The highest BCUT2D eigenvalue weighted by Crippen LogP contribution is 2.41. The first-order valence-electron chi connectivity index (χ1n) is 8.66. The zero-order valence-electron chi connectivity index (χ0n) is 15.6. The summed E-state index contributed by atoms with van der Waals surface area (Å²) in [4.78, 5) is 18.4. The van der Waals surface area contributed by atoms with E-state index < -0.39 is 0 Å². The van der Waals surface area contributed by atoms with Crippen molar-refractivity contribution >= 4 is 56.6 Å². The van der Waals surface area contributed by atoms with Crippen LogP contribution in [-0.4, -0.2) is 42.1 Å². The maximum absolute atomic E-state index is 11.2. The number of thiophene rings is 1. The summed E-state index contributed by atoms with van der Waals surface area (Å²) in [5.41, 5.74) is 7.15. The second-order valence-electron chi connectivity index (χ2n) is 7.37. The van der Waals surface area contributed by atoms with Gasteiger partial charge in [-0.15, -0.1) is 21.5 Å². The molecule has 0 aromatic carbocycles. The number of carbonyl (C=O) groups excluding carboxylic acids is 1. The Kier molecular flexibility index (Phi) is 4.86. The van der Waals surface area contributed by atoms with Gasteiger partial charge in [0.1, 0.15) is 4.83 Å². The summed E-state index contributed by atoms with van der Waals surface area (Å²) in [6.07, 6.45) is 0.812. The fourth-order valence-electron chi connectivity index (χ4n) is 3.11. The van der Waals surface area contributed by atoms with Crippen LogP contribution in [0.4, 0.5) is 0 Å². The SMILES string of the molecule is CC(C)Sc1nc2sc3c(c2c2nnc(SCC(N)=O)n12)CC(C)(C)OC3. The number of hydrogen-bond donors (Lipinski definition) is 1. The molecule has 1 amide bonds. The quantitative estimate of drug-likeness (QED) is 0.497. The lowest BCUT2D eigenvalue weighted by Gasteiger charge is -2.30. The van der Waals surface area contributed by atoms with Crippen LogP contribution < -0.4 is 5.73 Å². The zero-order chi connectivity index (χ0) is 19.3. The van der Waals surface area contributed by atoms with Gasteiger partial charge in [-0.05, 0) is 19.4 Å². The normalized spacial score (nSPS) is 16.3. The summed E-state index contributed by atoms with van der Waals surface area (Å²) in [7, 11) is 0. The van der Waals surface area contributed by atoms with E-state index in [0.717, 1.165) is 27.4 Å². The molecule has 27 heavy (non-hydrogen) atoms. The van der Waals surface area contributed by atoms with Crippen molar-refractivity contribution in [2.75, 3.05) is 5.75 Å². The maximum atomic E-state index is 11.2. The van der Waals surface area contributed by atoms with Gasteiger partial charge >= 0.3 is 0 Å². The maximum Gasteiger partial charge on any atom is 0.227 e. The Morgan fingerprint density at radius 3 is 2.85 bits per heavy atom. The standard InChI is InChI=1S/C17H21N5O2S3/c1-8(2)26-15-19-14-12(9-5-17(3,4)24-6-10(9)27-14)13-20-21-16(22(13)15)25-7-11(18)23/h8H,5-7H2,1-4H3,(H2,18,23). The van der Waals surface area contributed by atoms with Gasteiger partial charge < -0.3 is 10.5 Å². The number of ether oxygens (including phenoxy) is 1. The van der Waals surface area contributed by atoms with Gasteiger partial charge in [-0.3, -0.25) is 4.79 Å². The van der Waals surface area contributed by atoms with Crippen LogP contribution in [0.2, 0.25) is 0 Å². The Balaban J connectivity index is 1.95. The van der Waals surface area contributed by atoms with Crippen molar-refractivity contribution in [2.45, 2.75) is 61.9 Å². The molecule has 3 aromatic rings. The van der Waals surface area contributed by atoms with Gasteiger partial charge in [0, 0.05) is 16.5 Å². The van der Waals surface area contributed by atoms with E-state index in [0.29, 0.717) is 17.0 Å². The van der Waals surface area contributed by atoms with Gasteiger partial charge in [0.2, 0.25) is 5.91 Å². The van der Waals surface area contributed by atoms with Gasteiger partial charge in [0.05, 0.1) is 23.3 Å². The molecular weight excluding hydrogens is 402 g/mol. The number of rotatable bonds is 5. The molecule has 1 aliphatic rings. The smallest absolute Gasteiger partial charge is 0.227 e. The summed E-state index contributed by atoms with van der Waals surface area (Å²) in [5.74, 6) is -0.219. The van der Waals surface area contributed by atoms with Gasteiger partial charge in [0.25, 0.3) is 0 Å². The van der Waals surface area contributed by atoms with Crippen molar-refractivity contribution in [2.24, 2.45) is 5.73 Å². The highest BCUT2D eigenvalue weighted by atomic mass is 32.2. The summed E-state index contributed by atoms with van der Waals surface area (Å²) in [6.45, 7) is 9.05. The molecule has 144 valence electrons. The molecule has 1 aliphatic heterocycles. The summed E-state index contributed by atoms with van der Waals surface area (Å²) in [6, 6.07) is 0. The van der Waals surface area contributed by atoms with Crippen LogP contribution in [0.25, 0.3) is 15.9 Å². The van der Waals surface area contributed by atoms with Crippen molar-refractivity contribution < 1.29 is 9.53 Å². The van der Waals surface area contributed by atoms with Crippen molar-refractivity contribution in [3.8, 4) is 0 Å². The average Bonchev–Trinajstić information content (AvgIpc) is 3.12. The predicted molar refractivity (Wildman–Crippen MR) is 110 cm³/mol. The molecule has 0 spiro atoms. The van der Waals surface area contributed by atoms with Crippen LogP contribution in [-0.2, 0) is 22.6 Å². The first-order chi connectivity index (χ1) is 12.7. The third kappa shape index (κ3) is 3.55. The second kappa shape index (κ2) is 6.91. The number of hydrogen-bond acceptors (Lipinski definition) is 8. The van der Waals surface area contributed by atoms with Gasteiger partial charge in [-0.1, -0.05) is 37.4 Å². The molecule has 0 saturated carbocycles. The highest BCUT2D eigenvalue weighted by Gasteiger charge is 2.31. The summed E-state index contributed by atoms with van der Waals surface area (Å²) in [5, 5.41) is 11.7. The Morgan fingerprint density at radius 1 is 1.37 bits per heavy atom. The van der Waals surface area contributed by atoms with Gasteiger partial charge in [-0.2, -0.15) is 0 Å². The Labute approximate surface area is 169 Å². The van der Waals surface area contributed by atoms with E-state index in [-0.39, 0.29) is 17.3 Å². The first kappa shape index (κ1) is 19.0. The third-order valence-electron chi connectivity index (χ3n) is 4.20. The van der Waals surface area contributed by atoms with Crippen LogP contribution in [0.15, 0.2) is 10.3 Å². The second-order valence-corrected chi connectivity index (χ2v) is 10.9. The average molecular weight is 424 g/mol. The number of fused-ring (bicyclic) bond motifs is 5. The number of aromatic nitrogens is 4. The molecule has 2 N–H and O–H groups in total. The number of amides is 1. The monoisotopic (exact) mass is 423 g/mol. The number of thioether (sulfide) groups is 2. The molecule has 0 unspecified atom stereocenters. The van der Waals surface area contributed by atoms with Crippen LogP contribution in [0.3, 0.4) is 0 Å². The van der Waals surface area contributed by atoms with E-state index >= 15 is 0 Å². The molecule has 0 fully saturated rings. The molecule has 4 rings (SSSR count). The fraction of sp³-hybridized carbons (Fsp3) is 0.529. The van der Waals surface area contributed by atoms with E-state index in [1.165, 1.54) is 22.2 Å². The van der Waals surface area contributed by atoms with Gasteiger partial charge in [-0.25, -0.2) is 9.38 Å². The number of nitrogens with zero attached hydrogens (tertiary/aromatic N) is 4. The molecule has 4 heterocycles. The highest BCUT2D eigenvalue weighted by molar-refractivity contribution is 8.00. The van der Waals surface area contributed by atoms with Crippen molar-refractivity contribution in [1.82, 2.24) is 19.6 Å². The minimum Gasteiger partial charge on any atom is -0.370 e. The molecular formula is C17H21N5O2S3. The van der Waals surface area contributed by atoms with Crippen LogP contribution in [0, 0.1) is 0 Å². The Bertz CT molecular complexity index is 1040. The van der Waals surface area contributed by atoms with Crippen LogP contribution in [0.1, 0.15) is 38.1 Å². The molecule has 0 aliphatic carbocycles. The van der Waals surface area contributed by atoms with E-state index in [2.05, 4.69) is 37.9 Å². The number of nitrogens with two attached hydrogens (primary N) is 1. The number of carbonyl (C=O) groups is 1. The van der Waals surface area contributed by atoms with Crippen molar-refractivity contribution in [3.63, 3.8) is 0 Å². The van der Waals surface area contributed by atoms with Crippen LogP contribution >= 0.6 is 34.9 Å². The minimum atomic E-state index is -0.379. The molecule has 0 bridgehead atoms. The Morgan fingerprint density at radius 2 is 2.15 bits per heavy atom. The minimum absolute atomic E-state index is 0.160. The Hall–Kier alpha value is -1.36. The van der Waals surface area contributed by atoms with Crippen molar-refractivity contribution in [1.29, 1.82) is 0 Å². The van der Waals surface area contributed by atoms with E-state index in [1.807, 2.05) is 4.40 Å². The molecule has 3 aromatic heterocycles. The molecule has 0 saturated heterocycles. The largest absolute Gasteiger partial charge is 0.370 e. The number of primary amides is 1. The van der Waals surface area contributed by atoms with E-state index in [1.54, 1.807) is 23.1 Å². The summed E-state index contributed by atoms with van der Waals surface area (Å²) >= 11 is 4.63. The van der Waals surface area contributed by atoms with Crippen LogP contribution in [0.5, 0.6) is 0 Å². The van der Waals surface area contributed by atoms with Gasteiger partial charge in [0.15, 0.2) is 16.0 Å². The predicted octanol–water partition coefficient (Wildman–Crippen LogP) is 3.27. The van der Waals surface area contributed by atoms with E-state index in [4.69, 9.17) is 15.5 Å². The lowest BCUT2D eigenvalue weighted by Crippen LogP contribution is -2.31. The lowest BCUT2D eigenvalue weighted by molar-refractivity contribution is -0.115. The molecule has 7 nitrogen and oxygen atoms in total. The third-order valence-corrected chi connectivity index (χ3v) is 7.21. The lowest BCUT2D eigenvalue weighted by atomic mass is 9.94. The topological polar surface area (TPSA) is 95.4 Å². The summed E-state index contributed by atoms with van der Waals surface area (Å²) < 4.78 is 7.95. The molecule has 0 radical (unpaired) electrons. The zero-order valence-corrected chi connectivity index (χ0v) is 18.1. The molecule has 10 heteroatoms. The fourth-order valence-corrected chi connectivity index (χ4v) is 5.84. The van der Waals surface area contributed by atoms with E-state index in [9.17, 15) is 4.79 Å².